The first-order valence-electron chi connectivity index (χ1n) is 12.7. The van der Waals surface area contributed by atoms with Crippen LogP contribution in [0.3, 0.4) is 0 Å². The molecule has 0 radical (unpaired) electrons. The summed E-state index contributed by atoms with van der Waals surface area (Å²) in [4.78, 5) is 20.9. The molecule has 0 aliphatic rings. The molecule has 3 aromatic carbocycles. The van der Waals surface area contributed by atoms with Crippen molar-refractivity contribution in [3.8, 4) is 17.1 Å². The Morgan fingerprint density at radius 3 is 2.65 bits per heavy atom. The number of aromatic nitrogens is 3. The monoisotopic (exact) mass is 559 g/mol. The van der Waals surface area contributed by atoms with Crippen LogP contribution >= 0.6 is 11.6 Å². The third-order valence-corrected chi connectivity index (χ3v) is 6.87. The Labute approximate surface area is 235 Å². The molecule has 0 fully saturated rings. The highest BCUT2D eigenvalue weighted by atomic mass is 35.5. The molecule has 5 aromatic rings. The minimum absolute atomic E-state index is 0.0371. The summed E-state index contributed by atoms with van der Waals surface area (Å²) < 4.78 is 27.2. The van der Waals surface area contributed by atoms with Gasteiger partial charge in [0.2, 0.25) is 5.88 Å². The molecule has 204 valence electrons. The van der Waals surface area contributed by atoms with E-state index >= 15 is 0 Å². The average Bonchev–Trinajstić information content (AvgIpc) is 3.27. The number of carboxylic acids is 1. The van der Waals surface area contributed by atoms with Gasteiger partial charge in [-0.15, -0.1) is 0 Å². The Bertz CT molecular complexity index is 1700. The zero-order valence-corrected chi connectivity index (χ0v) is 22.8. The van der Waals surface area contributed by atoms with E-state index in [9.17, 15) is 14.3 Å². The maximum absolute atomic E-state index is 14.1. The summed E-state index contributed by atoms with van der Waals surface area (Å²) in [5.41, 5.74) is 5.89. The smallest absolute Gasteiger partial charge is 0.335 e. The standard InChI is InChI=1S/C31H27ClFN3O4/c1-19-14-20(15-29-34-27-11-8-21(31(37)38)16-28(27)36(29)12-13-39-2)6-10-24(19)26-4-3-5-30(35-26)40-18-22-7-9-23(32)17-25(22)33/h3-11,14,16-17H,12-13,15,18H2,1-2H3,(H,37,38). The van der Waals surface area contributed by atoms with Gasteiger partial charge in [-0.2, -0.15) is 0 Å². The van der Waals surface area contributed by atoms with Crippen LogP contribution in [0, 0.1) is 12.7 Å². The fraction of sp³-hybridized carbons (Fsp3) is 0.194. The van der Waals surface area contributed by atoms with Crippen molar-refractivity contribution in [3.05, 3.63) is 112 Å². The molecule has 1 N–H and O–H groups in total. The van der Waals surface area contributed by atoms with E-state index in [-0.39, 0.29) is 12.2 Å². The number of pyridine rings is 1. The normalized spacial score (nSPS) is 11.2. The largest absolute Gasteiger partial charge is 0.478 e. The number of aromatic carboxylic acids is 1. The van der Waals surface area contributed by atoms with Crippen molar-refractivity contribution in [2.24, 2.45) is 0 Å². The molecule has 2 heterocycles. The van der Waals surface area contributed by atoms with E-state index < -0.39 is 11.8 Å². The Morgan fingerprint density at radius 1 is 1.05 bits per heavy atom. The number of aryl methyl sites for hydroxylation is 1. The third kappa shape index (κ3) is 5.98. The van der Waals surface area contributed by atoms with Gasteiger partial charge in [0.15, 0.2) is 0 Å². The van der Waals surface area contributed by atoms with Crippen LogP contribution in [-0.4, -0.2) is 39.3 Å². The SMILES string of the molecule is COCCn1c(Cc2ccc(-c3cccc(OCc4ccc(Cl)cc4F)n3)c(C)c2)nc2ccc(C(=O)O)cc21. The number of nitrogens with zero attached hydrogens (tertiary/aromatic N) is 3. The Kier molecular flexibility index (Phi) is 8.09. The average molecular weight is 560 g/mol. The Morgan fingerprint density at radius 2 is 1.90 bits per heavy atom. The third-order valence-electron chi connectivity index (χ3n) is 6.64. The summed E-state index contributed by atoms with van der Waals surface area (Å²) in [6.45, 7) is 3.08. The van der Waals surface area contributed by atoms with E-state index in [1.165, 1.54) is 6.07 Å². The zero-order chi connectivity index (χ0) is 28.2. The van der Waals surface area contributed by atoms with Crippen molar-refractivity contribution in [1.29, 1.82) is 0 Å². The van der Waals surface area contributed by atoms with Gasteiger partial charge in [-0.25, -0.2) is 19.2 Å². The summed E-state index contributed by atoms with van der Waals surface area (Å²) in [7, 11) is 1.63. The second-order valence-corrected chi connectivity index (χ2v) is 9.83. The van der Waals surface area contributed by atoms with Gasteiger partial charge in [0.05, 0.1) is 28.9 Å². The molecule has 2 aromatic heterocycles. The van der Waals surface area contributed by atoms with Crippen LogP contribution in [0.15, 0.2) is 72.8 Å². The molecule has 0 aliphatic heterocycles. The molecule has 0 aliphatic carbocycles. The Balaban J connectivity index is 1.37. The van der Waals surface area contributed by atoms with Gasteiger partial charge < -0.3 is 19.1 Å². The van der Waals surface area contributed by atoms with E-state index in [4.69, 9.17) is 26.1 Å². The van der Waals surface area contributed by atoms with Gasteiger partial charge in [0.25, 0.3) is 0 Å². The number of hydrogen-bond donors (Lipinski definition) is 1. The number of imidazole rings is 1. The number of carboxylic acid groups (broad SMARTS) is 1. The summed E-state index contributed by atoms with van der Waals surface area (Å²) >= 11 is 5.83. The first-order chi connectivity index (χ1) is 19.3. The van der Waals surface area contributed by atoms with Crippen molar-refractivity contribution < 1.29 is 23.8 Å². The summed E-state index contributed by atoms with van der Waals surface area (Å²) in [5.74, 6) is -0.185. The minimum Gasteiger partial charge on any atom is -0.478 e. The molecule has 0 saturated heterocycles. The molecular formula is C31H27ClFN3O4. The van der Waals surface area contributed by atoms with Gasteiger partial charge in [-0.05, 0) is 54.4 Å². The molecule has 0 amide bonds. The van der Waals surface area contributed by atoms with Crippen LogP contribution in [0.2, 0.25) is 5.02 Å². The van der Waals surface area contributed by atoms with Crippen LogP contribution in [-0.2, 0) is 24.3 Å². The van der Waals surface area contributed by atoms with Crippen molar-refractivity contribution in [2.45, 2.75) is 26.5 Å². The fourth-order valence-corrected chi connectivity index (χ4v) is 4.77. The molecule has 0 spiro atoms. The van der Waals surface area contributed by atoms with E-state index in [1.807, 2.05) is 35.8 Å². The first-order valence-corrected chi connectivity index (χ1v) is 13.1. The van der Waals surface area contributed by atoms with Gasteiger partial charge in [0.1, 0.15) is 18.2 Å². The van der Waals surface area contributed by atoms with Gasteiger partial charge in [0, 0.05) is 42.3 Å². The minimum atomic E-state index is -0.977. The van der Waals surface area contributed by atoms with Crippen LogP contribution in [0.25, 0.3) is 22.3 Å². The number of carbonyl (C=O) groups is 1. The van der Waals surface area contributed by atoms with Crippen LogP contribution < -0.4 is 4.74 Å². The molecule has 0 unspecified atom stereocenters. The second kappa shape index (κ2) is 11.9. The summed E-state index contributed by atoms with van der Waals surface area (Å²) in [6.07, 6.45) is 0.561. The number of halogens is 2. The molecule has 40 heavy (non-hydrogen) atoms. The summed E-state index contributed by atoms with van der Waals surface area (Å²) in [6, 6.07) is 21.1. The molecule has 0 bridgehead atoms. The van der Waals surface area contributed by atoms with E-state index in [0.717, 1.165) is 39.2 Å². The molecular weight excluding hydrogens is 533 g/mol. The highest BCUT2D eigenvalue weighted by molar-refractivity contribution is 6.30. The van der Waals surface area contributed by atoms with Crippen molar-refractivity contribution in [3.63, 3.8) is 0 Å². The molecule has 0 atom stereocenters. The van der Waals surface area contributed by atoms with Crippen LogP contribution in [0.1, 0.15) is 32.9 Å². The lowest BCUT2D eigenvalue weighted by molar-refractivity contribution is 0.0697. The lowest BCUT2D eigenvalue weighted by Gasteiger charge is -2.12. The zero-order valence-electron chi connectivity index (χ0n) is 22.0. The highest BCUT2D eigenvalue weighted by Gasteiger charge is 2.15. The second-order valence-electron chi connectivity index (χ2n) is 9.39. The van der Waals surface area contributed by atoms with Gasteiger partial charge >= 0.3 is 5.97 Å². The van der Waals surface area contributed by atoms with E-state index in [1.54, 1.807) is 43.5 Å². The topological polar surface area (TPSA) is 86.5 Å². The fourth-order valence-electron chi connectivity index (χ4n) is 4.61. The molecule has 0 saturated carbocycles. The highest BCUT2D eigenvalue weighted by Crippen LogP contribution is 2.27. The van der Waals surface area contributed by atoms with Crippen molar-refractivity contribution >= 4 is 28.6 Å². The summed E-state index contributed by atoms with van der Waals surface area (Å²) in [5, 5.41) is 9.77. The Hall–Kier alpha value is -4.27. The quantitative estimate of drug-likeness (QED) is 0.204. The molecule has 5 rings (SSSR count). The number of fused-ring (bicyclic) bond motifs is 1. The number of hydrogen-bond acceptors (Lipinski definition) is 5. The van der Waals surface area contributed by atoms with Gasteiger partial charge in [-0.3, -0.25) is 0 Å². The lowest BCUT2D eigenvalue weighted by Crippen LogP contribution is -2.09. The predicted molar refractivity (Wildman–Crippen MR) is 152 cm³/mol. The van der Waals surface area contributed by atoms with E-state index in [2.05, 4.69) is 11.1 Å². The predicted octanol–water partition coefficient (Wildman–Crippen LogP) is 6.71. The molecule has 7 nitrogen and oxygen atoms in total. The lowest BCUT2D eigenvalue weighted by atomic mass is 10.0. The number of methoxy groups -OCH3 is 1. The van der Waals surface area contributed by atoms with Crippen LogP contribution in [0.5, 0.6) is 5.88 Å². The number of benzene rings is 3. The maximum atomic E-state index is 14.1. The first kappa shape index (κ1) is 27.3. The van der Waals surface area contributed by atoms with Gasteiger partial charge in [-0.1, -0.05) is 41.9 Å². The maximum Gasteiger partial charge on any atom is 0.335 e. The van der Waals surface area contributed by atoms with Crippen LogP contribution in [0.4, 0.5) is 4.39 Å². The number of rotatable bonds is 10. The molecule has 9 heteroatoms. The van der Waals surface area contributed by atoms with Crippen molar-refractivity contribution in [1.82, 2.24) is 14.5 Å². The van der Waals surface area contributed by atoms with E-state index in [0.29, 0.717) is 36.0 Å². The van der Waals surface area contributed by atoms with Crippen molar-refractivity contribution in [2.75, 3.05) is 13.7 Å². The number of ether oxygens (including phenoxy) is 2.